The number of halogens is 2. The van der Waals surface area contributed by atoms with Gasteiger partial charge in [0, 0.05) is 19.7 Å². The lowest BCUT2D eigenvalue weighted by Crippen LogP contribution is -2.36. The first kappa shape index (κ1) is 17.1. The summed E-state index contributed by atoms with van der Waals surface area (Å²) in [4.78, 5) is 23.8. The van der Waals surface area contributed by atoms with E-state index in [-0.39, 0.29) is 18.2 Å². The zero-order valence-electron chi connectivity index (χ0n) is 11.4. The van der Waals surface area contributed by atoms with E-state index in [1.165, 1.54) is 37.5 Å². The van der Waals surface area contributed by atoms with Crippen molar-refractivity contribution in [1.29, 1.82) is 0 Å². The van der Waals surface area contributed by atoms with Crippen molar-refractivity contribution in [1.82, 2.24) is 4.90 Å². The number of hydrogen-bond acceptors (Lipinski definition) is 3. The van der Waals surface area contributed by atoms with Gasteiger partial charge in [0.25, 0.3) is 0 Å². The molecular weight excluding hydrogens is 301 g/mol. The Balaban J connectivity index is 2.76. The molecule has 1 N–H and O–H groups in total. The van der Waals surface area contributed by atoms with Crippen LogP contribution in [0.2, 0.25) is 5.02 Å². The van der Waals surface area contributed by atoms with Crippen LogP contribution in [0.3, 0.4) is 0 Å². The number of benzene rings is 1. The minimum atomic E-state index is -1.11. The second-order valence-corrected chi connectivity index (χ2v) is 4.56. The third kappa shape index (κ3) is 5.93. The van der Waals surface area contributed by atoms with Crippen molar-refractivity contribution in [3.05, 3.63) is 40.7 Å². The summed E-state index contributed by atoms with van der Waals surface area (Å²) >= 11 is 5.63. The third-order valence-corrected chi connectivity index (χ3v) is 2.85. The highest BCUT2D eigenvalue weighted by Crippen LogP contribution is 2.16. The van der Waals surface area contributed by atoms with Crippen molar-refractivity contribution in [2.45, 2.75) is 0 Å². The van der Waals surface area contributed by atoms with Gasteiger partial charge >= 0.3 is 5.97 Å². The molecule has 7 heteroatoms. The summed E-state index contributed by atoms with van der Waals surface area (Å²) in [6, 6.07) is 4.02. The van der Waals surface area contributed by atoms with E-state index in [1.54, 1.807) is 0 Å². The predicted molar refractivity (Wildman–Crippen MR) is 76.5 cm³/mol. The number of carbonyl (C=O) groups excluding carboxylic acids is 1. The second-order valence-electron chi connectivity index (χ2n) is 4.15. The molecule has 114 valence electrons. The molecule has 0 bridgehead atoms. The molecule has 1 aromatic rings. The van der Waals surface area contributed by atoms with E-state index in [4.69, 9.17) is 21.4 Å². The molecule has 1 aromatic carbocycles. The number of methoxy groups -OCH3 is 1. The van der Waals surface area contributed by atoms with Gasteiger partial charge in [0.05, 0.1) is 11.6 Å². The van der Waals surface area contributed by atoms with Crippen LogP contribution in [-0.2, 0) is 14.3 Å². The van der Waals surface area contributed by atoms with E-state index in [0.717, 1.165) is 4.90 Å². The van der Waals surface area contributed by atoms with Crippen molar-refractivity contribution >= 4 is 29.6 Å². The highest BCUT2D eigenvalue weighted by Gasteiger charge is 2.13. The fourth-order valence-corrected chi connectivity index (χ4v) is 1.71. The lowest BCUT2D eigenvalue weighted by Gasteiger charge is -2.18. The minimum absolute atomic E-state index is 0.0497. The summed E-state index contributed by atoms with van der Waals surface area (Å²) in [6.45, 7) is -0.0257. The Morgan fingerprint density at radius 1 is 1.48 bits per heavy atom. The van der Waals surface area contributed by atoms with E-state index in [9.17, 15) is 14.0 Å². The first-order chi connectivity index (χ1) is 9.93. The molecule has 0 aliphatic rings. The van der Waals surface area contributed by atoms with Crippen LogP contribution in [0.15, 0.2) is 24.3 Å². The number of rotatable bonds is 7. The van der Waals surface area contributed by atoms with Crippen molar-refractivity contribution < 1.29 is 23.8 Å². The van der Waals surface area contributed by atoms with Crippen LogP contribution in [0, 0.1) is 5.82 Å². The summed E-state index contributed by atoms with van der Waals surface area (Å²) in [7, 11) is 1.46. The zero-order valence-corrected chi connectivity index (χ0v) is 12.1. The SMILES string of the molecule is COCCN(CC(=O)O)C(=O)C=Cc1ccc(F)c(Cl)c1. The van der Waals surface area contributed by atoms with E-state index in [2.05, 4.69) is 0 Å². The number of hydrogen-bond donors (Lipinski definition) is 1. The van der Waals surface area contributed by atoms with Gasteiger partial charge in [-0.2, -0.15) is 0 Å². The quantitative estimate of drug-likeness (QED) is 0.782. The molecule has 0 saturated carbocycles. The summed E-state index contributed by atoms with van der Waals surface area (Å²) < 4.78 is 17.8. The fourth-order valence-electron chi connectivity index (χ4n) is 1.52. The zero-order chi connectivity index (χ0) is 15.8. The van der Waals surface area contributed by atoms with Crippen LogP contribution in [0.1, 0.15) is 5.56 Å². The molecule has 0 aliphatic carbocycles. The molecule has 0 spiro atoms. The maximum absolute atomic E-state index is 13.0. The van der Waals surface area contributed by atoms with Gasteiger partial charge < -0.3 is 14.7 Å². The summed E-state index contributed by atoms with van der Waals surface area (Å²) in [5.74, 6) is -2.14. The van der Waals surface area contributed by atoms with Gasteiger partial charge in [-0.3, -0.25) is 9.59 Å². The Morgan fingerprint density at radius 3 is 2.76 bits per heavy atom. The number of amides is 1. The minimum Gasteiger partial charge on any atom is -0.480 e. The van der Waals surface area contributed by atoms with Crippen molar-refractivity contribution in [2.75, 3.05) is 26.8 Å². The van der Waals surface area contributed by atoms with E-state index >= 15 is 0 Å². The highest BCUT2D eigenvalue weighted by molar-refractivity contribution is 6.30. The number of aliphatic carboxylic acids is 1. The molecule has 21 heavy (non-hydrogen) atoms. The van der Waals surface area contributed by atoms with Gasteiger partial charge in [0.1, 0.15) is 12.4 Å². The molecule has 0 atom stereocenters. The molecule has 1 amide bonds. The van der Waals surface area contributed by atoms with Crippen molar-refractivity contribution in [3.63, 3.8) is 0 Å². The highest BCUT2D eigenvalue weighted by atomic mass is 35.5. The summed E-state index contributed by atoms with van der Waals surface area (Å²) in [5, 5.41) is 8.72. The number of ether oxygens (including phenoxy) is 1. The molecule has 0 saturated heterocycles. The topological polar surface area (TPSA) is 66.8 Å². The Kier molecular flexibility index (Phi) is 6.84. The Labute approximate surface area is 126 Å². The molecule has 0 fully saturated rings. The smallest absolute Gasteiger partial charge is 0.323 e. The number of nitrogens with zero attached hydrogens (tertiary/aromatic N) is 1. The second kappa shape index (κ2) is 8.39. The average Bonchev–Trinajstić information content (AvgIpc) is 2.44. The summed E-state index contributed by atoms with van der Waals surface area (Å²) in [6.07, 6.45) is 2.65. The Bertz CT molecular complexity index is 548. The first-order valence-corrected chi connectivity index (χ1v) is 6.44. The first-order valence-electron chi connectivity index (χ1n) is 6.07. The largest absolute Gasteiger partial charge is 0.480 e. The van der Waals surface area contributed by atoms with Gasteiger partial charge in [-0.15, -0.1) is 0 Å². The molecule has 0 heterocycles. The predicted octanol–water partition coefficient (Wildman–Crippen LogP) is 2.05. The van der Waals surface area contributed by atoms with Gasteiger partial charge in [-0.25, -0.2) is 4.39 Å². The van der Waals surface area contributed by atoms with Gasteiger partial charge in [0.15, 0.2) is 0 Å². The number of carboxylic acid groups (broad SMARTS) is 1. The maximum atomic E-state index is 13.0. The lowest BCUT2D eigenvalue weighted by molar-refractivity contribution is -0.143. The number of carbonyl (C=O) groups is 2. The van der Waals surface area contributed by atoms with Gasteiger partial charge in [0.2, 0.25) is 5.91 Å². The van der Waals surface area contributed by atoms with Crippen LogP contribution in [-0.4, -0.2) is 48.7 Å². The molecule has 0 aliphatic heterocycles. The van der Waals surface area contributed by atoms with E-state index in [1.807, 2.05) is 0 Å². The molecule has 1 rings (SSSR count). The molecule has 0 aromatic heterocycles. The average molecular weight is 316 g/mol. The molecule has 5 nitrogen and oxygen atoms in total. The van der Waals surface area contributed by atoms with Crippen LogP contribution < -0.4 is 0 Å². The lowest BCUT2D eigenvalue weighted by atomic mass is 10.2. The van der Waals surface area contributed by atoms with E-state index < -0.39 is 24.2 Å². The molecular formula is C14H15ClFNO4. The van der Waals surface area contributed by atoms with Crippen LogP contribution in [0.5, 0.6) is 0 Å². The Hall–Kier alpha value is -1.92. The Morgan fingerprint density at radius 2 is 2.19 bits per heavy atom. The van der Waals surface area contributed by atoms with Crippen molar-refractivity contribution in [3.8, 4) is 0 Å². The van der Waals surface area contributed by atoms with Crippen LogP contribution in [0.4, 0.5) is 4.39 Å². The van der Waals surface area contributed by atoms with Crippen LogP contribution >= 0.6 is 11.6 Å². The fraction of sp³-hybridized carbons (Fsp3) is 0.286. The van der Waals surface area contributed by atoms with Gasteiger partial charge in [-0.05, 0) is 23.8 Å². The third-order valence-electron chi connectivity index (χ3n) is 2.57. The normalized spacial score (nSPS) is 10.8. The summed E-state index contributed by atoms with van der Waals surface area (Å²) in [5.41, 5.74) is 0.539. The monoisotopic (exact) mass is 315 g/mol. The van der Waals surface area contributed by atoms with E-state index in [0.29, 0.717) is 5.56 Å². The van der Waals surface area contributed by atoms with Gasteiger partial charge in [-0.1, -0.05) is 17.7 Å². The molecule has 0 unspecified atom stereocenters. The molecule has 0 radical (unpaired) electrons. The van der Waals surface area contributed by atoms with Crippen molar-refractivity contribution in [2.24, 2.45) is 0 Å². The van der Waals surface area contributed by atoms with Crippen LogP contribution in [0.25, 0.3) is 6.08 Å². The maximum Gasteiger partial charge on any atom is 0.323 e. The standard InChI is InChI=1S/C14H15ClFNO4/c1-21-7-6-17(9-14(19)20)13(18)5-3-10-2-4-12(16)11(15)8-10/h2-5,8H,6-7,9H2,1H3,(H,19,20). The number of carboxylic acids is 1.